The summed E-state index contributed by atoms with van der Waals surface area (Å²) in [5, 5.41) is 43.3. The fraction of sp³-hybridized carbons (Fsp3) is 0.481. The van der Waals surface area contributed by atoms with Crippen LogP contribution in [0.2, 0.25) is 0 Å². The minimum atomic E-state index is -1.64. The van der Waals surface area contributed by atoms with Crippen molar-refractivity contribution in [3.8, 4) is 34.1 Å². The average Bonchev–Trinajstić information content (AvgIpc) is 3.16. The number of hydrogen-bond acceptors (Lipinski definition) is 11. The monoisotopic (exact) mass is 547 g/mol. The molecule has 2 aliphatic rings. The highest BCUT2D eigenvalue weighted by atomic mass is 16.7. The Kier molecular flexibility index (Phi) is 8.62. The van der Waals surface area contributed by atoms with Gasteiger partial charge in [0.15, 0.2) is 17.2 Å². The third-order valence-corrected chi connectivity index (χ3v) is 6.97. The van der Waals surface area contributed by atoms with E-state index in [2.05, 4.69) is 5.32 Å². The van der Waals surface area contributed by atoms with Crippen LogP contribution in [0.3, 0.4) is 0 Å². The van der Waals surface area contributed by atoms with Crippen LogP contribution in [-0.4, -0.2) is 85.0 Å². The zero-order chi connectivity index (χ0) is 28.4. The Morgan fingerprint density at radius 3 is 2.33 bits per heavy atom. The first kappa shape index (κ1) is 28.6. The van der Waals surface area contributed by atoms with Crippen molar-refractivity contribution in [2.75, 3.05) is 27.9 Å². The quantitative estimate of drug-likeness (QED) is 0.317. The summed E-state index contributed by atoms with van der Waals surface area (Å²) in [6, 6.07) is 5.87. The number of ether oxygens (including phenoxy) is 5. The van der Waals surface area contributed by atoms with Crippen LogP contribution in [0.15, 0.2) is 29.1 Å². The van der Waals surface area contributed by atoms with Gasteiger partial charge in [0.1, 0.15) is 24.4 Å². The van der Waals surface area contributed by atoms with E-state index in [1.54, 1.807) is 18.2 Å². The molecule has 2 aromatic rings. The number of nitrogens with one attached hydrogen (secondary N) is 1. The van der Waals surface area contributed by atoms with Gasteiger partial charge in [0, 0.05) is 12.5 Å². The van der Waals surface area contributed by atoms with Crippen LogP contribution in [0.1, 0.15) is 30.5 Å². The summed E-state index contributed by atoms with van der Waals surface area (Å²) in [5.74, 6) is 0.368. The Balaban J connectivity index is 1.89. The van der Waals surface area contributed by atoms with Crippen molar-refractivity contribution in [2.24, 2.45) is 0 Å². The second-order valence-electron chi connectivity index (χ2n) is 9.36. The topological polar surface area (TPSA) is 173 Å². The molecule has 212 valence electrons. The predicted molar refractivity (Wildman–Crippen MR) is 137 cm³/mol. The van der Waals surface area contributed by atoms with Gasteiger partial charge in [0.25, 0.3) is 0 Å². The summed E-state index contributed by atoms with van der Waals surface area (Å²) in [4.78, 5) is 24.9. The molecule has 1 heterocycles. The summed E-state index contributed by atoms with van der Waals surface area (Å²) >= 11 is 0. The molecule has 4 rings (SSSR count). The summed E-state index contributed by atoms with van der Waals surface area (Å²) < 4.78 is 28.1. The lowest BCUT2D eigenvalue weighted by Crippen LogP contribution is -2.60. The molecule has 0 radical (unpaired) electrons. The van der Waals surface area contributed by atoms with Gasteiger partial charge in [-0.25, -0.2) is 0 Å². The number of aliphatic hydroxyl groups excluding tert-OH is 4. The van der Waals surface area contributed by atoms with E-state index in [1.165, 1.54) is 34.3 Å². The van der Waals surface area contributed by atoms with Crippen molar-refractivity contribution >= 4 is 5.91 Å². The van der Waals surface area contributed by atoms with Crippen LogP contribution in [0.4, 0.5) is 0 Å². The molecule has 12 heteroatoms. The lowest BCUT2D eigenvalue weighted by molar-refractivity contribution is -0.277. The van der Waals surface area contributed by atoms with Gasteiger partial charge in [0.05, 0.1) is 34.0 Å². The number of benzene rings is 1. The predicted octanol–water partition coefficient (Wildman–Crippen LogP) is 0.0417. The standard InChI is InChI=1S/C27H33NO11/c1-12(30)28-16-7-5-13-9-19(38-27-24(34)23(33)22(32)20(11-29)39-27)25(36-3)26(37-4)21(13)14-6-8-18(35-2)17(31)10-15(14)16/h6,8-10,16,20,22-24,27,29,32-34H,5,7,11H2,1-4H3,(H,28,30)/t16-,20-,22-,23+,24-,27-/m1/s1. The molecule has 0 spiro atoms. The molecule has 0 unspecified atom stereocenters. The normalized spacial score (nSPS) is 25.9. The molecule has 12 nitrogen and oxygen atoms in total. The van der Waals surface area contributed by atoms with Gasteiger partial charge in [-0.3, -0.25) is 9.59 Å². The molecule has 6 atom stereocenters. The van der Waals surface area contributed by atoms with Crippen LogP contribution in [0.25, 0.3) is 11.1 Å². The highest BCUT2D eigenvalue weighted by Gasteiger charge is 2.45. The van der Waals surface area contributed by atoms with Crippen LogP contribution < -0.4 is 29.7 Å². The largest absolute Gasteiger partial charge is 0.493 e. The molecular formula is C27H33NO11. The lowest BCUT2D eigenvalue weighted by atomic mass is 9.95. The Labute approximate surface area is 224 Å². The maximum atomic E-state index is 12.9. The number of carbonyl (C=O) groups excluding carboxylic acids is 1. The van der Waals surface area contributed by atoms with Gasteiger partial charge in [-0.1, -0.05) is 6.07 Å². The fourth-order valence-electron chi connectivity index (χ4n) is 5.09. The first-order chi connectivity index (χ1) is 18.6. The number of amides is 1. The molecule has 1 fully saturated rings. The van der Waals surface area contributed by atoms with Crippen molar-refractivity contribution in [3.05, 3.63) is 45.6 Å². The Morgan fingerprint density at radius 2 is 1.72 bits per heavy atom. The van der Waals surface area contributed by atoms with E-state index >= 15 is 0 Å². The summed E-state index contributed by atoms with van der Waals surface area (Å²) in [5.41, 5.74) is 2.15. The van der Waals surface area contributed by atoms with Crippen molar-refractivity contribution in [1.29, 1.82) is 0 Å². The van der Waals surface area contributed by atoms with E-state index in [1.807, 2.05) is 0 Å². The molecule has 1 saturated heterocycles. The highest BCUT2D eigenvalue weighted by Crippen LogP contribution is 2.50. The molecular weight excluding hydrogens is 514 g/mol. The van der Waals surface area contributed by atoms with E-state index in [0.29, 0.717) is 29.5 Å². The molecule has 2 aromatic carbocycles. The highest BCUT2D eigenvalue weighted by molar-refractivity contribution is 5.83. The molecule has 1 amide bonds. The molecule has 1 aliphatic carbocycles. The van der Waals surface area contributed by atoms with Gasteiger partial charge in [-0.15, -0.1) is 0 Å². The average molecular weight is 548 g/mol. The van der Waals surface area contributed by atoms with Gasteiger partial charge in [0.2, 0.25) is 23.4 Å². The first-order valence-electron chi connectivity index (χ1n) is 12.4. The summed E-state index contributed by atoms with van der Waals surface area (Å²) in [6.07, 6.45) is -6.56. The van der Waals surface area contributed by atoms with Crippen molar-refractivity contribution in [1.82, 2.24) is 5.32 Å². The zero-order valence-electron chi connectivity index (χ0n) is 22.0. The van der Waals surface area contributed by atoms with Crippen molar-refractivity contribution < 1.29 is 48.9 Å². The van der Waals surface area contributed by atoms with Crippen molar-refractivity contribution in [3.63, 3.8) is 0 Å². The number of aliphatic hydroxyl groups is 4. The Morgan fingerprint density at radius 1 is 1.00 bits per heavy atom. The van der Waals surface area contributed by atoms with Crippen LogP contribution in [0, 0.1) is 0 Å². The third kappa shape index (κ3) is 5.38. The van der Waals surface area contributed by atoms with Crippen LogP contribution in [0.5, 0.6) is 23.0 Å². The fourth-order valence-corrected chi connectivity index (χ4v) is 5.09. The number of carbonyl (C=O) groups is 1. The van der Waals surface area contributed by atoms with E-state index in [0.717, 1.165) is 5.56 Å². The maximum Gasteiger partial charge on any atom is 0.229 e. The number of methoxy groups -OCH3 is 3. The second-order valence-corrected chi connectivity index (χ2v) is 9.36. The van der Waals surface area contributed by atoms with Gasteiger partial charge >= 0.3 is 0 Å². The zero-order valence-corrected chi connectivity index (χ0v) is 22.0. The van der Waals surface area contributed by atoms with E-state index in [9.17, 15) is 30.0 Å². The smallest absolute Gasteiger partial charge is 0.229 e. The molecule has 1 aliphatic heterocycles. The molecule has 0 aromatic heterocycles. The van der Waals surface area contributed by atoms with E-state index in [4.69, 9.17) is 23.7 Å². The number of fused-ring (bicyclic) bond motifs is 3. The number of aryl methyl sites for hydroxylation is 1. The Bertz CT molecular complexity index is 1280. The van der Waals surface area contributed by atoms with Crippen molar-refractivity contribution in [2.45, 2.75) is 56.5 Å². The molecule has 39 heavy (non-hydrogen) atoms. The second kappa shape index (κ2) is 11.8. The maximum absolute atomic E-state index is 12.9. The Hall–Kier alpha value is -3.42. The minimum absolute atomic E-state index is 0.111. The lowest BCUT2D eigenvalue weighted by Gasteiger charge is -2.39. The number of hydrogen-bond donors (Lipinski definition) is 5. The number of rotatable bonds is 7. The summed E-state index contributed by atoms with van der Waals surface area (Å²) in [7, 11) is 4.23. The minimum Gasteiger partial charge on any atom is -0.493 e. The first-order valence-corrected chi connectivity index (χ1v) is 12.4. The van der Waals surface area contributed by atoms with Crippen LogP contribution >= 0.6 is 0 Å². The SMILES string of the molecule is COc1c(O[C@@H]2O[C@H](CO)[C@@H](O)[C@H](O)[C@H]2O)cc2c(c1OC)-c1ccc(OC)c(=O)cc1[C@H](NC(C)=O)CC2. The van der Waals surface area contributed by atoms with E-state index < -0.39 is 43.4 Å². The third-order valence-electron chi connectivity index (χ3n) is 6.97. The van der Waals surface area contributed by atoms with E-state index in [-0.39, 0.29) is 34.3 Å². The van der Waals surface area contributed by atoms with Crippen LogP contribution in [-0.2, 0) is 16.0 Å². The molecule has 0 bridgehead atoms. The van der Waals surface area contributed by atoms with Gasteiger partial charge in [-0.05, 0) is 47.7 Å². The van der Waals surface area contributed by atoms with Gasteiger partial charge < -0.3 is 49.4 Å². The van der Waals surface area contributed by atoms with Gasteiger partial charge in [-0.2, -0.15) is 0 Å². The summed E-state index contributed by atoms with van der Waals surface area (Å²) in [6.45, 7) is 0.786. The molecule has 0 saturated carbocycles. The molecule has 5 N–H and O–H groups in total.